The number of rotatable bonds is 2. The van der Waals surface area contributed by atoms with Crippen LogP contribution >= 0.6 is 11.6 Å². The van der Waals surface area contributed by atoms with Gasteiger partial charge in [-0.15, -0.1) is 11.6 Å². The largest absolute Gasteiger partial charge is 0.228 e. The topological polar surface area (TPSA) is 34.1 Å². The lowest BCUT2D eigenvalue weighted by Gasteiger charge is -2.26. The lowest BCUT2D eigenvalue weighted by atomic mass is 10.0. The Morgan fingerprint density at radius 2 is 1.88 bits per heavy atom. The Balaban J connectivity index is 2.24. The molecule has 94 valence electrons. The van der Waals surface area contributed by atoms with E-state index in [1.165, 1.54) is 0 Å². The quantitative estimate of drug-likeness (QED) is 0.775. The van der Waals surface area contributed by atoms with Gasteiger partial charge in [0.05, 0.1) is 16.4 Å². The Labute approximate surface area is 108 Å². The van der Waals surface area contributed by atoms with Gasteiger partial charge >= 0.3 is 0 Å². The van der Waals surface area contributed by atoms with E-state index in [1.807, 2.05) is 31.2 Å². The Hall–Kier alpha value is -0.540. The van der Waals surface area contributed by atoms with Crippen LogP contribution in [0.5, 0.6) is 0 Å². The first-order valence-corrected chi connectivity index (χ1v) is 8.08. The number of hydrogen-bond acceptors (Lipinski definition) is 2. The molecule has 2 rings (SSSR count). The van der Waals surface area contributed by atoms with Crippen LogP contribution in [0.25, 0.3) is 0 Å². The van der Waals surface area contributed by atoms with E-state index in [9.17, 15) is 8.42 Å². The molecule has 0 spiro atoms. The van der Waals surface area contributed by atoms with Crippen molar-refractivity contribution in [3.05, 3.63) is 35.4 Å². The number of halogens is 1. The molecule has 0 N–H and O–H groups in total. The molecule has 0 radical (unpaired) electrons. The van der Waals surface area contributed by atoms with Crippen molar-refractivity contribution < 1.29 is 8.42 Å². The molecule has 0 aromatic heterocycles. The molecule has 1 saturated heterocycles. The van der Waals surface area contributed by atoms with E-state index in [0.717, 1.165) is 24.0 Å². The fourth-order valence-electron chi connectivity index (χ4n) is 2.27. The summed E-state index contributed by atoms with van der Waals surface area (Å²) < 4.78 is 24.0. The molecule has 1 heterocycles. The van der Waals surface area contributed by atoms with Crippen LogP contribution in [0.3, 0.4) is 0 Å². The zero-order valence-corrected chi connectivity index (χ0v) is 11.5. The third-order valence-electron chi connectivity index (χ3n) is 3.35. The molecule has 2 atom stereocenters. The SMILES string of the molecule is Cc1ccc(C(Cl)C2CCCCS2(=O)=O)cc1. The van der Waals surface area contributed by atoms with Crippen molar-refractivity contribution in [1.29, 1.82) is 0 Å². The van der Waals surface area contributed by atoms with Crippen LogP contribution in [-0.4, -0.2) is 19.4 Å². The summed E-state index contributed by atoms with van der Waals surface area (Å²) in [7, 11) is -3.01. The molecule has 0 bridgehead atoms. The monoisotopic (exact) mass is 272 g/mol. The van der Waals surface area contributed by atoms with Crippen molar-refractivity contribution in [1.82, 2.24) is 0 Å². The van der Waals surface area contributed by atoms with Crippen molar-refractivity contribution in [2.45, 2.75) is 36.8 Å². The highest BCUT2D eigenvalue weighted by Crippen LogP contribution is 2.35. The van der Waals surface area contributed by atoms with Gasteiger partial charge in [0.25, 0.3) is 0 Å². The third kappa shape index (κ3) is 2.83. The first-order chi connectivity index (χ1) is 8.00. The summed E-state index contributed by atoms with van der Waals surface area (Å²) in [6.07, 6.45) is 2.42. The molecular formula is C13H17ClO2S. The van der Waals surface area contributed by atoms with E-state index in [-0.39, 0.29) is 5.75 Å². The van der Waals surface area contributed by atoms with E-state index in [2.05, 4.69) is 0 Å². The first kappa shape index (κ1) is 12.9. The van der Waals surface area contributed by atoms with Gasteiger partial charge < -0.3 is 0 Å². The van der Waals surface area contributed by atoms with Crippen LogP contribution in [0.1, 0.15) is 35.8 Å². The molecule has 0 saturated carbocycles. The first-order valence-electron chi connectivity index (χ1n) is 5.93. The summed E-state index contributed by atoms with van der Waals surface area (Å²) in [5.74, 6) is 0.284. The molecule has 2 unspecified atom stereocenters. The lowest BCUT2D eigenvalue weighted by molar-refractivity contribution is 0.534. The van der Waals surface area contributed by atoms with Gasteiger partial charge in [-0.3, -0.25) is 0 Å². The number of sulfone groups is 1. The molecule has 0 amide bonds. The van der Waals surface area contributed by atoms with Crippen molar-refractivity contribution in [3.8, 4) is 0 Å². The molecule has 1 fully saturated rings. The van der Waals surface area contributed by atoms with E-state index < -0.39 is 20.5 Å². The Morgan fingerprint density at radius 1 is 1.24 bits per heavy atom. The van der Waals surface area contributed by atoms with Crippen molar-refractivity contribution >= 4 is 21.4 Å². The fourth-order valence-corrected chi connectivity index (χ4v) is 4.97. The highest BCUT2D eigenvalue weighted by molar-refractivity contribution is 7.92. The van der Waals surface area contributed by atoms with Gasteiger partial charge in [0.2, 0.25) is 0 Å². The second-order valence-electron chi connectivity index (χ2n) is 4.71. The molecule has 1 aromatic carbocycles. The predicted molar refractivity (Wildman–Crippen MR) is 71.2 cm³/mol. The zero-order valence-electron chi connectivity index (χ0n) is 9.90. The molecule has 2 nitrogen and oxygen atoms in total. The maximum atomic E-state index is 12.0. The average Bonchev–Trinajstić information content (AvgIpc) is 2.28. The van der Waals surface area contributed by atoms with Crippen LogP contribution in [-0.2, 0) is 9.84 Å². The van der Waals surface area contributed by atoms with Gasteiger partial charge in [-0.1, -0.05) is 36.2 Å². The third-order valence-corrected chi connectivity index (χ3v) is 6.34. The Kier molecular flexibility index (Phi) is 3.79. The van der Waals surface area contributed by atoms with Crippen molar-refractivity contribution in [2.75, 3.05) is 5.75 Å². The molecule has 1 aromatic rings. The highest BCUT2D eigenvalue weighted by Gasteiger charge is 2.35. The summed E-state index contributed by atoms with van der Waals surface area (Å²) in [5.41, 5.74) is 2.07. The molecule has 1 aliphatic rings. The van der Waals surface area contributed by atoms with Gasteiger partial charge in [-0.25, -0.2) is 8.42 Å². The molecule has 1 aliphatic heterocycles. The number of benzene rings is 1. The molecule has 17 heavy (non-hydrogen) atoms. The van der Waals surface area contributed by atoms with Gasteiger partial charge in [-0.2, -0.15) is 0 Å². The van der Waals surface area contributed by atoms with Gasteiger partial charge in [-0.05, 0) is 25.3 Å². The minimum absolute atomic E-state index is 0.284. The van der Waals surface area contributed by atoms with Gasteiger partial charge in [0.15, 0.2) is 9.84 Å². The van der Waals surface area contributed by atoms with E-state index in [4.69, 9.17) is 11.6 Å². The second kappa shape index (κ2) is 4.99. The van der Waals surface area contributed by atoms with Gasteiger partial charge in [0.1, 0.15) is 0 Å². The van der Waals surface area contributed by atoms with Gasteiger partial charge in [0, 0.05) is 0 Å². The van der Waals surface area contributed by atoms with E-state index >= 15 is 0 Å². The zero-order chi connectivity index (χ0) is 12.5. The Morgan fingerprint density at radius 3 is 2.47 bits per heavy atom. The fraction of sp³-hybridized carbons (Fsp3) is 0.538. The summed E-state index contributed by atoms with van der Waals surface area (Å²) in [6.45, 7) is 2.00. The average molecular weight is 273 g/mol. The van der Waals surface area contributed by atoms with E-state index in [1.54, 1.807) is 0 Å². The predicted octanol–water partition coefficient (Wildman–Crippen LogP) is 3.24. The smallest absolute Gasteiger partial charge is 0.154 e. The van der Waals surface area contributed by atoms with Crippen LogP contribution < -0.4 is 0 Å². The summed E-state index contributed by atoms with van der Waals surface area (Å²) >= 11 is 6.34. The van der Waals surface area contributed by atoms with Crippen LogP contribution in [0.4, 0.5) is 0 Å². The molecular weight excluding hydrogens is 256 g/mol. The number of aryl methyl sites for hydroxylation is 1. The molecule has 4 heteroatoms. The second-order valence-corrected chi connectivity index (χ2v) is 7.52. The van der Waals surface area contributed by atoms with Crippen LogP contribution in [0.2, 0.25) is 0 Å². The normalized spacial score (nSPS) is 25.4. The number of alkyl halides is 1. The van der Waals surface area contributed by atoms with E-state index in [0.29, 0.717) is 6.42 Å². The number of hydrogen-bond donors (Lipinski definition) is 0. The maximum absolute atomic E-state index is 12.0. The lowest BCUT2D eigenvalue weighted by Crippen LogP contribution is -2.31. The highest BCUT2D eigenvalue weighted by atomic mass is 35.5. The summed E-state index contributed by atoms with van der Waals surface area (Å²) in [4.78, 5) is 0. The van der Waals surface area contributed by atoms with Crippen LogP contribution in [0.15, 0.2) is 24.3 Å². The standard InChI is InChI=1S/C13H17ClO2S/c1-10-5-7-11(8-6-10)13(14)12-4-2-3-9-17(12,15)16/h5-8,12-13H,2-4,9H2,1H3. The molecule has 0 aliphatic carbocycles. The summed E-state index contributed by atoms with van der Waals surface area (Å²) in [5, 5.41) is -0.832. The Bertz CT molecular complexity index is 479. The van der Waals surface area contributed by atoms with Crippen molar-refractivity contribution in [2.24, 2.45) is 0 Å². The van der Waals surface area contributed by atoms with Crippen LogP contribution in [0, 0.1) is 6.92 Å². The maximum Gasteiger partial charge on any atom is 0.154 e. The minimum Gasteiger partial charge on any atom is -0.228 e. The summed E-state index contributed by atoms with van der Waals surface area (Å²) in [6, 6.07) is 7.80. The minimum atomic E-state index is -3.01. The van der Waals surface area contributed by atoms with Crippen molar-refractivity contribution in [3.63, 3.8) is 0 Å².